The molecule has 0 saturated heterocycles. The summed E-state index contributed by atoms with van der Waals surface area (Å²) in [6.45, 7) is 1.74. The molecule has 5 nitrogen and oxygen atoms in total. The van der Waals surface area contributed by atoms with Gasteiger partial charge in [0.1, 0.15) is 0 Å². The number of primary amides is 1. The molecule has 7 heteroatoms. The molecule has 106 valence electrons. The van der Waals surface area contributed by atoms with E-state index in [2.05, 4.69) is 4.98 Å². The molecule has 1 aliphatic rings. The molecule has 0 radical (unpaired) electrons. The highest BCUT2D eigenvalue weighted by Crippen LogP contribution is 2.44. The van der Waals surface area contributed by atoms with E-state index in [1.165, 1.54) is 11.7 Å². The van der Waals surface area contributed by atoms with Crippen molar-refractivity contribution in [2.24, 2.45) is 11.7 Å². The number of carbonyl (C=O) groups is 1. The number of aromatic nitrogens is 2. The van der Waals surface area contributed by atoms with Gasteiger partial charge in [0.25, 0.3) is 0 Å². The van der Waals surface area contributed by atoms with Crippen molar-refractivity contribution in [2.45, 2.75) is 38.5 Å². The van der Waals surface area contributed by atoms with Crippen LogP contribution in [0.2, 0.25) is 0 Å². The van der Waals surface area contributed by atoms with Crippen LogP contribution in [0.15, 0.2) is 0 Å². The van der Waals surface area contributed by atoms with Crippen molar-refractivity contribution in [3.8, 4) is 6.01 Å². The van der Waals surface area contributed by atoms with Crippen LogP contribution in [0.3, 0.4) is 0 Å². The third-order valence-corrected chi connectivity index (χ3v) is 3.51. The van der Waals surface area contributed by atoms with Gasteiger partial charge in [0, 0.05) is 12.8 Å². The molecule has 0 unspecified atom stereocenters. The number of aryl methyl sites for hydroxylation is 1. The summed E-state index contributed by atoms with van der Waals surface area (Å²) in [6.07, 6.45) is 0.937. The first kappa shape index (κ1) is 13.8. The molecular weight excluding hydrogens is 256 g/mol. The van der Waals surface area contributed by atoms with Crippen LogP contribution >= 0.6 is 0 Å². The Hall–Kier alpha value is -1.66. The lowest BCUT2D eigenvalue weighted by Crippen LogP contribution is -2.35. The average Bonchev–Trinajstić information content (AvgIpc) is 2.60. The first-order valence-electron chi connectivity index (χ1n) is 6.14. The lowest BCUT2D eigenvalue weighted by molar-refractivity contribution is -0.111. The Kier molecular flexibility index (Phi) is 3.47. The Balaban J connectivity index is 2.08. The van der Waals surface area contributed by atoms with E-state index in [0.717, 1.165) is 0 Å². The number of rotatable bonds is 4. The highest BCUT2D eigenvalue weighted by Gasteiger charge is 2.44. The molecule has 1 aromatic heterocycles. The van der Waals surface area contributed by atoms with E-state index in [1.54, 1.807) is 6.92 Å². The monoisotopic (exact) mass is 273 g/mol. The molecule has 1 aromatic rings. The molecule has 19 heavy (non-hydrogen) atoms. The number of halogens is 2. The van der Waals surface area contributed by atoms with E-state index >= 15 is 0 Å². The molecule has 0 atom stereocenters. The highest BCUT2D eigenvalue weighted by atomic mass is 19.3. The fraction of sp³-hybridized carbons (Fsp3) is 0.667. The zero-order valence-corrected chi connectivity index (χ0v) is 10.9. The number of nitrogens with two attached hydrogens (primary N) is 1. The molecule has 1 aliphatic carbocycles. The average molecular weight is 273 g/mol. The number of carbonyl (C=O) groups excluding carboxylic acids is 1. The van der Waals surface area contributed by atoms with E-state index in [1.807, 2.05) is 0 Å². The van der Waals surface area contributed by atoms with E-state index in [9.17, 15) is 13.6 Å². The van der Waals surface area contributed by atoms with Crippen molar-refractivity contribution < 1.29 is 18.3 Å². The fourth-order valence-corrected chi connectivity index (χ4v) is 2.52. The van der Waals surface area contributed by atoms with Gasteiger partial charge < -0.3 is 10.5 Å². The van der Waals surface area contributed by atoms with Crippen LogP contribution in [0, 0.1) is 12.8 Å². The molecule has 0 aliphatic heterocycles. The van der Waals surface area contributed by atoms with Gasteiger partial charge in [-0.3, -0.25) is 0 Å². The van der Waals surface area contributed by atoms with Gasteiger partial charge in [0.15, 0.2) is 0 Å². The Morgan fingerprint density at radius 2 is 2.21 bits per heavy atom. The Bertz CT molecular complexity index is 491. The maximum atomic E-state index is 12.7. The number of ether oxygens (including phenoxy) is 1. The second kappa shape index (κ2) is 4.79. The largest absolute Gasteiger partial charge is 0.468 e. The third-order valence-electron chi connectivity index (χ3n) is 3.51. The second-order valence-electron chi connectivity index (χ2n) is 4.97. The topological polar surface area (TPSA) is 70.1 Å². The maximum Gasteiger partial charge on any atom is 0.327 e. The predicted molar refractivity (Wildman–Crippen MR) is 64.5 cm³/mol. The maximum absolute atomic E-state index is 12.7. The minimum absolute atomic E-state index is 0.00313. The summed E-state index contributed by atoms with van der Waals surface area (Å²) in [7, 11) is 1.40. The van der Waals surface area contributed by atoms with Crippen molar-refractivity contribution in [3.05, 3.63) is 11.4 Å². The molecule has 0 bridgehead atoms. The van der Waals surface area contributed by atoms with Crippen LogP contribution in [-0.2, 0) is 6.42 Å². The van der Waals surface area contributed by atoms with Crippen molar-refractivity contribution in [3.63, 3.8) is 0 Å². The summed E-state index contributed by atoms with van der Waals surface area (Å²) in [5.41, 5.74) is 6.56. The molecule has 1 saturated carbocycles. The van der Waals surface area contributed by atoms with Crippen LogP contribution < -0.4 is 10.5 Å². The molecule has 2 N–H and O–H groups in total. The van der Waals surface area contributed by atoms with Gasteiger partial charge in [-0.1, -0.05) is 0 Å². The SMILES string of the molecule is COc1nc(C)c(CCC2CC(F)(F)C2)n1C(N)=O. The zero-order valence-electron chi connectivity index (χ0n) is 10.9. The molecule has 0 spiro atoms. The van der Waals surface area contributed by atoms with E-state index < -0.39 is 12.0 Å². The van der Waals surface area contributed by atoms with Gasteiger partial charge in [-0.25, -0.2) is 18.1 Å². The zero-order chi connectivity index (χ0) is 14.2. The lowest BCUT2D eigenvalue weighted by Gasteiger charge is -2.34. The number of hydrogen-bond acceptors (Lipinski definition) is 3. The van der Waals surface area contributed by atoms with Gasteiger partial charge in [0.2, 0.25) is 5.92 Å². The van der Waals surface area contributed by atoms with E-state index in [4.69, 9.17) is 10.5 Å². The van der Waals surface area contributed by atoms with Crippen LogP contribution in [0.4, 0.5) is 13.6 Å². The van der Waals surface area contributed by atoms with Crippen molar-refractivity contribution in [1.82, 2.24) is 9.55 Å². The van der Waals surface area contributed by atoms with Gasteiger partial charge in [-0.2, -0.15) is 4.98 Å². The summed E-state index contributed by atoms with van der Waals surface area (Å²) in [5, 5.41) is 0. The summed E-state index contributed by atoms with van der Waals surface area (Å²) in [6, 6.07) is -0.537. The molecule has 1 heterocycles. The number of nitrogens with zero attached hydrogens (tertiary/aromatic N) is 2. The summed E-state index contributed by atoms with van der Waals surface area (Å²) < 4.78 is 31.7. The summed E-state index contributed by atoms with van der Waals surface area (Å²) >= 11 is 0. The number of hydrogen-bond donors (Lipinski definition) is 1. The lowest BCUT2D eigenvalue weighted by atomic mass is 9.78. The van der Waals surface area contributed by atoms with Crippen molar-refractivity contribution in [1.29, 1.82) is 0 Å². The molecular formula is C12H17F2N3O2. The standard InChI is InChI=1S/C12H17F2N3O2/c1-7-9(4-3-8-5-12(13,14)6-8)17(10(15)18)11(16-7)19-2/h8H,3-6H2,1-2H3,(H2,15,18). The van der Waals surface area contributed by atoms with Crippen molar-refractivity contribution in [2.75, 3.05) is 7.11 Å². The Labute approximate surface area is 109 Å². The van der Waals surface area contributed by atoms with Crippen molar-refractivity contribution >= 4 is 6.03 Å². The minimum atomic E-state index is -2.51. The van der Waals surface area contributed by atoms with E-state index in [-0.39, 0.29) is 24.8 Å². The van der Waals surface area contributed by atoms with Crippen LogP contribution in [-0.4, -0.2) is 28.6 Å². The minimum Gasteiger partial charge on any atom is -0.468 e. The first-order valence-corrected chi connectivity index (χ1v) is 6.14. The van der Waals surface area contributed by atoms with E-state index in [0.29, 0.717) is 24.2 Å². The van der Waals surface area contributed by atoms with Crippen LogP contribution in [0.25, 0.3) is 0 Å². The first-order chi connectivity index (χ1) is 8.84. The Morgan fingerprint density at radius 1 is 1.58 bits per heavy atom. The van der Waals surface area contributed by atoms with Crippen LogP contribution in [0.1, 0.15) is 30.7 Å². The molecule has 1 fully saturated rings. The quantitative estimate of drug-likeness (QED) is 0.913. The summed E-state index contributed by atoms with van der Waals surface area (Å²) in [4.78, 5) is 15.5. The number of amides is 1. The third kappa shape index (κ3) is 2.69. The molecule has 2 rings (SSSR count). The Morgan fingerprint density at radius 3 is 2.68 bits per heavy atom. The van der Waals surface area contributed by atoms with Gasteiger partial charge in [-0.05, 0) is 25.7 Å². The second-order valence-corrected chi connectivity index (χ2v) is 4.97. The molecule has 0 aromatic carbocycles. The fourth-order valence-electron chi connectivity index (χ4n) is 2.52. The molecule has 1 amide bonds. The normalized spacial score (nSPS) is 18.1. The van der Waals surface area contributed by atoms with Gasteiger partial charge in [-0.15, -0.1) is 0 Å². The predicted octanol–water partition coefficient (Wildman–Crippen LogP) is 2.10. The number of alkyl halides is 2. The number of imidazole rings is 1. The van der Waals surface area contributed by atoms with Crippen LogP contribution in [0.5, 0.6) is 6.01 Å². The smallest absolute Gasteiger partial charge is 0.327 e. The highest BCUT2D eigenvalue weighted by molar-refractivity contribution is 5.77. The van der Waals surface area contributed by atoms with Gasteiger partial charge in [0.05, 0.1) is 18.5 Å². The number of methoxy groups -OCH3 is 1. The van der Waals surface area contributed by atoms with Gasteiger partial charge >= 0.3 is 12.0 Å². The summed E-state index contributed by atoms with van der Waals surface area (Å²) in [5.74, 6) is -2.52.